The molecule has 1 aliphatic heterocycles. The van der Waals surface area contributed by atoms with Crippen LogP contribution >= 0.6 is 28.1 Å². The summed E-state index contributed by atoms with van der Waals surface area (Å²) in [5.41, 5.74) is 2.68. The molecule has 0 aromatic heterocycles. The second-order valence-corrected chi connectivity index (χ2v) is 8.08. The van der Waals surface area contributed by atoms with Crippen LogP contribution in [0.1, 0.15) is 35.7 Å². The smallest absolute Gasteiger partial charge is 0.257 e. The minimum absolute atomic E-state index is 0.268. The minimum atomic E-state index is -0.268. The number of ether oxygens (including phenoxy) is 1. The van der Waals surface area contributed by atoms with Gasteiger partial charge in [-0.1, -0.05) is 12.1 Å². The molecular formula is C21H25BrN3O2S+. The van der Waals surface area contributed by atoms with Crippen molar-refractivity contribution in [1.82, 2.24) is 5.32 Å². The van der Waals surface area contributed by atoms with Crippen molar-refractivity contribution in [3.63, 3.8) is 0 Å². The van der Waals surface area contributed by atoms with Gasteiger partial charge in [0, 0.05) is 29.7 Å². The third-order valence-corrected chi connectivity index (χ3v) is 5.52. The second-order valence-electron chi connectivity index (χ2n) is 6.82. The molecule has 2 aromatic carbocycles. The lowest BCUT2D eigenvalue weighted by molar-refractivity contribution is -0.901. The molecule has 0 radical (unpaired) electrons. The topological polar surface area (TPSA) is 54.8 Å². The van der Waals surface area contributed by atoms with Gasteiger partial charge in [0.25, 0.3) is 5.91 Å². The molecule has 1 fully saturated rings. The van der Waals surface area contributed by atoms with Crippen LogP contribution in [-0.2, 0) is 6.54 Å². The van der Waals surface area contributed by atoms with Crippen LogP contribution in [0.3, 0.4) is 0 Å². The molecule has 1 aliphatic rings. The Morgan fingerprint density at radius 1 is 1.18 bits per heavy atom. The third-order valence-electron chi connectivity index (χ3n) is 4.70. The Labute approximate surface area is 179 Å². The maximum Gasteiger partial charge on any atom is 0.257 e. The average Bonchev–Trinajstić information content (AvgIpc) is 3.18. The van der Waals surface area contributed by atoms with Gasteiger partial charge in [-0.25, -0.2) is 0 Å². The number of anilines is 1. The van der Waals surface area contributed by atoms with E-state index in [1.807, 2.05) is 19.1 Å². The van der Waals surface area contributed by atoms with Crippen molar-refractivity contribution >= 4 is 44.9 Å². The van der Waals surface area contributed by atoms with Gasteiger partial charge in [0.2, 0.25) is 0 Å². The molecule has 0 spiro atoms. The molecule has 0 bridgehead atoms. The third kappa shape index (κ3) is 5.77. The first-order chi connectivity index (χ1) is 13.5. The first kappa shape index (κ1) is 20.8. The van der Waals surface area contributed by atoms with Crippen LogP contribution in [0.2, 0.25) is 0 Å². The highest BCUT2D eigenvalue weighted by Gasteiger charge is 2.15. The molecule has 0 aliphatic carbocycles. The zero-order valence-corrected chi connectivity index (χ0v) is 18.3. The Bertz CT molecular complexity index is 836. The van der Waals surface area contributed by atoms with Gasteiger partial charge in [0.1, 0.15) is 12.3 Å². The lowest BCUT2D eigenvalue weighted by Crippen LogP contribution is -3.08. The fourth-order valence-corrected chi connectivity index (χ4v) is 4.00. The molecule has 0 unspecified atom stereocenters. The number of likely N-dealkylation sites (tertiary alicyclic amines) is 1. The number of benzene rings is 2. The predicted molar refractivity (Wildman–Crippen MR) is 119 cm³/mol. The summed E-state index contributed by atoms with van der Waals surface area (Å²) in [6, 6.07) is 13.4. The average molecular weight is 463 g/mol. The Morgan fingerprint density at radius 3 is 2.54 bits per heavy atom. The van der Waals surface area contributed by atoms with E-state index in [1.54, 1.807) is 23.1 Å². The Hall–Kier alpha value is -1.96. The molecular weight excluding hydrogens is 438 g/mol. The number of carbonyl (C=O) groups excluding carboxylic acids is 1. The van der Waals surface area contributed by atoms with E-state index in [1.165, 1.54) is 31.5 Å². The molecule has 148 valence electrons. The fourth-order valence-electron chi connectivity index (χ4n) is 3.30. The maximum atomic E-state index is 12.4. The first-order valence-corrected chi connectivity index (χ1v) is 10.7. The van der Waals surface area contributed by atoms with Gasteiger partial charge >= 0.3 is 0 Å². The van der Waals surface area contributed by atoms with Gasteiger partial charge in [-0.05, 0) is 65.4 Å². The van der Waals surface area contributed by atoms with E-state index in [0.717, 1.165) is 16.7 Å². The van der Waals surface area contributed by atoms with E-state index in [4.69, 9.17) is 17.0 Å². The molecule has 28 heavy (non-hydrogen) atoms. The summed E-state index contributed by atoms with van der Waals surface area (Å²) in [4.78, 5) is 14.1. The van der Waals surface area contributed by atoms with Crippen molar-refractivity contribution in [3.8, 4) is 5.75 Å². The SMILES string of the molecule is CCOc1ccc(C(=O)NC(=S)Nc2ccc(C[NH+]3CCCC3)cc2)cc1Br. The van der Waals surface area contributed by atoms with Crippen molar-refractivity contribution < 1.29 is 14.4 Å². The van der Waals surface area contributed by atoms with E-state index >= 15 is 0 Å². The highest BCUT2D eigenvalue weighted by atomic mass is 79.9. The molecule has 3 N–H and O–H groups in total. The Balaban J connectivity index is 1.53. The van der Waals surface area contributed by atoms with Gasteiger partial charge in [0.05, 0.1) is 24.2 Å². The predicted octanol–water partition coefficient (Wildman–Crippen LogP) is 3.15. The number of amides is 1. The number of thiocarbonyl (C=S) groups is 1. The van der Waals surface area contributed by atoms with E-state index in [-0.39, 0.29) is 11.0 Å². The van der Waals surface area contributed by atoms with Crippen LogP contribution in [0.25, 0.3) is 0 Å². The number of carbonyl (C=O) groups is 1. The highest BCUT2D eigenvalue weighted by Crippen LogP contribution is 2.26. The van der Waals surface area contributed by atoms with Gasteiger partial charge in [-0.2, -0.15) is 0 Å². The van der Waals surface area contributed by atoms with Gasteiger partial charge < -0.3 is 15.0 Å². The van der Waals surface area contributed by atoms with Crippen molar-refractivity contribution in [3.05, 3.63) is 58.1 Å². The number of quaternary nitrogens is 1. The van der Waals surface area contributed by atoms with Gasteiger partial charge in [0.15, 0.2) is 5.11 Å². The molecule has 0 saturated carbocycles. The van der Waals surface area contributed by atoms with Crippen molar-refractivity contribution in [2.45, 2.75) is 26.3 Å². The number of hydrogen-bond acceptors (Lipinski definition) is 3. The Kier molecular flexibility index (Phi) is 7.42. The minimum Gasteiger partial charge on any atom is -0.493 e. The highest BCUT2D eigenvalue weighted by molar-refractivity contribution is 9.10. The number of hydrogen-bond donors (Lipinski definition) is 3. The number of rotatable bonds is 6. The summed E-state index contributed by atoms with van der Waals surface area (Å²) in [6.07, 6.45) is 2.65. The molecule has 3 rings (SSSR count). The van der Waals surface area contributed by atoms with Crippen LogP contribution in [0.4, 0.5) is 5.69 Å². The van der Waals surface area contributed by atoms with Crippen LogP contribution in [0, 0.1) is 0 Å². The normalized spacial score (nSPS) is 13.9. The van der Waals surface area contributed by atoms with Crippen molar-refractivity contribution in [1.29, 1.82) is 0 Å². The monoisotopic (exact) mass is 462 g/mol. The Morgan fingerprint density at radius 2 is 1.89 bits per heavy atom. The van der Waals surface area contributed by atoms with E-state index in [0.29, 0.717) is 17.9 Å². The number of nitrogens with one attached hydrogen (secondary N) is 3. The summed E-state index contributed by atoms with van der Waals surface area (Å²) in [6.45, 7) is 6.07. The second kappa shape index (κ2) is 10.0. The zero-order chi connectivity index (χ0) is 19.9. The summed E-state index contributed by atoms with van der Waals surface area (Å²) < 4.78 is 6.20. The van der Waals surface area contributed by atoms with E-state index in [2.05, 4.69) is 38.7 Å². The molecule has 7 heteroatoms. The molecule has 1 amide bonds. The van der Waals surface area contributed by atoms with E-state index in [9.17, 15) is 4.79 Å². The summed E-state index contributed by atoms with van der Waals surface area (Å²) in [7, 11) is 0. The van der Waals surface area contributed by atoms with Crippen LogP contribution in [-0.4, -0.2) is 30.7 Å². The standard InChI is InChI=1S/C21H24BrN3O2S/c1-2-27-19-10-7-16(13-18(19)22)20(26)24-21(28)23-17-8-5-15(6-9-17)14-25-11-3-4-12-25/h5-10,13H,2-4,11-12,14H2,1H3,(H2,23,24,26,28)/p+1. The molecule has 1 saturated heterocycles. The summed E-state index contributed by atoms with van der Waals surface area (Å²) >= 11 is 8.70. The largest absolute Gasteiger partial charge is 0.493 e. The molecule has 1 heterocycles. The van der Waals surface area contributed by atoms with Gasteiger partial charge in [-0.15, -0.1) is 0 Å². The first-order valence-electron chi connectivity index (χ1n) is 9.52. The van der Waals surface area contributed by atoms with Crippen LogP contribution in [0.5, 0.6) is 5.75 Å². The molecule has 0 atom stereocenters. The molecule has 5 nitrogen and oxygen atoms in total. The quantitative estimate of drug-likeness (QED) is 0.577. The lowest BCUT2D eigenvalue weighted by Gasteiger charge is -2.13. The van der Waals surface area contributed by atoms with E-state index < -0.39 is 0 Å². The lowest BCUT2D eigenvalue weighted by atomic mass is 10.2. The van der Waals surface area contributed by atoms with Crippen LogP contribution < -0.4 is 20.3 Å². The van der Waals surface area contributed by atoms with Crippen LogP contribution in [0.15, 0.2) is 46.9 Å². The molecule has 2 aromatic rings. The van der Waals surface area contributed by atoms with Crippen molar-refractivity contribution in [2.75, 3.05) is 25.0 Å². The maximum absolute atomic E-state index is 12.4. The number of halogens is 1. The summed E-state index contributed by atoms with van der Waals surface area (Å²) in [5.74, 6) is 0.436. The zero-order valence-electron chi connectivity index (χ0n) is 15.9. The summed E-state index contributed by atoms with van der Waals surface area (Å²) in [5, 5.41) is 6.05. The fraction of sp³-hybridized carbons (Fsp3) is 0.333. The van der Waals surface area contributed by atoms with Gasteiger partial charge in [-0.3, -0.25) is 10.1 Å². The van der Waals surface area contributed by atoms with Crippen molar-refractivity contribution in [2.24, 2.45) is 0 Å².